The number of fused-ring (bicyclic) bond motifs is 1. The Morgan fingerprint density at radius 1 is 1.21 bits per heavy atom. The van der Waals surface area contributed by atoms with Gasteiger partial charge in [-0.1, -0.05) is 11.6 Å². The number of carbonyl (C=O) groups excluding carboxylic acids is 1. The van der Waals surface area contributed by atoms with Gasteiger partial charge in [-0.2, -0.15) is 0 Å². The molecule has 1 fully saturated rings. The third-order valence-electron chi connectivity index (χ3n) is 5.21. The van der Waals surface area contributed by atoms with E-state index in [1.807, 2.05) is 43.3 Å². The Hall–Kier alpha value is -2.83. The fourth-order valence-corrected chi connectivity index (χ4v) is 3.61. The van der Waals surface area contributed by atoms with E-state index in [2.05, 4.69) is 15.2 Å². The molecule has 0 unspecified atom stereocenters. The first-order valence-electron chi connectivity index (χ1n) is 10.1. The van der Waals surface area contributed by atoms with E-state index in [1.54, 1.807) is 12.4 Å². The number of aryl methyl sites for hydroxylation is 1. The summed E-state index contributed by atoms with van der Waals surface area (Å²) in [6.45, 7) is 7.18. The molecule has 1 aromatic carbocycles. The van der Waals surface area contributed by atoms with E-state index in [4.69, 9.17) is 9.72 Å². The monoisotopic (exact) mass is 390 g/mol. The summed E-state index contributed by atoms with van der Waals surface area (Å²) in [5.41, 5.74) is 4.23. The molecule has 6 nitrogen and oxygen atoms in total. The fourth-order valence-electron chi connectivity index (χ4n) is 3.61. The third-order valence-corrected chi connectivity index (χ3v) is 5.21. The van der Waals surface area contributed by atoms with Crippen molar-refractivity contribution in [3.63, 3.8) is 0 Å². The quantitative estimate of drug-likeness (QED) is 0.655. The maximum atomic E-state index is 13.0. The normalized spacial score (nSPS) is 14.8. The van der Waals surface area contributed by atoms with Crippen LogP contribution < -0.4 is 5.32 Å². The summed E-state index contributed by atoms with van der Waals surface area (Å²) in [4.78, 5) is 24.3. The number of aromatic nitrogens is 2. The Balaban J connectivity index is 1.52. The molecule has 1 aliphatic heterocycles. The first kappa shape index (κ1) is 19.5. The second-order valence-electron chi connectivity index (χ2n) is 7.38. The van der Waals surface area contributed by atoms with Crippen molar-refractivity contribution in [2.75, 3.05) is 39.4 Å². The van der Waals surface area contributed by atoms with Gasteiger partial charge in [-0.25, -0.2) is 4.98 Å². The molecule has 0 saturated carbocycles. The topological polar surface area (TPSA) is 67.4 Å². The van der Waals surface area contributed by atoms with Gasteiger partial charge in [0.15, 0.2) is 0 Å². The standard InChI is InChI=1S/C23H26N4O2/c1-17-5-6-21-19(14-17)20(15-22(26-21)18-4-2-7-24-16-18)23(28)25-8-3-9-27-10-12-29-13-11-27/h2,4-7,14-16H,3,8-13H2,1H3,(H,25,28). The van der Waals surface area contributed by atoms with Gasteiger partial charge < -0.3 is 10.1 Å². The van der Waals surface area contributed by atoms with Crippen molar-refractivity contribution >= 4 is 16.8 Å². The number of benzene rings is 1. The van der Waals surface area contributed by atoms with E-state index in [1.165, 1.54) is 0 Å². The molecule has 0 spiro atoms. The summed E-state index contributed by atoms with van der Waals surface area (Å²) < 4.78 is 5.38. The lowest BCUT2D eigenvalue weighted by molar-refractivity contribution is 0.0374. The van der Waals surface area contributed by atoms with Gasteiger partial charge in [0.2, 0.25) is 0 Å². The lowest BCUT2D eigenvalue weighted by atomic mass is 10.0. The van der Waals surface area contributed by atoms with Crippen LogP contribution in [0.4, 0.5) is 0 Å². The van der Waals surface area contributed by atoms with Crippen LogP contribution in [0.25, 0.3) is 22.2 Å². The molecule has 0 radical (unpaired) electrons. The van der Waals surface area contributed by atoms with Gasteiger partial charge in [0.1, 0.15) is 0 Å². The molecule has 0 aliphatic carbocycles. The minimum Gasteiger partial charge on any atom is -0.379 e. The van der Waals surface area contributed by atoms with Crippen molar-refractivity contribution in [2.24, 2.45) is 0 Å². The lowest BCUT2D eigenvalue weighted by Gasteiger charge is -2.26. The van der Waals surface area contributed by atoms with E-state index in [-0.39, 0.29) is 5.91 Å². The van der Waals surface area contributed by atoms with E-state index in [0.717, 1.165) is 67.0 Å². The van der Waals surface area contributed by atoms with Crippen molar-refractivity contribution in [2.45, 2.75) is 13.3 Å². The maximum absolute atomic E-state index is 13.0. The van der Waals surface area contributed by atoms with Crippen LogP contribution in [0.1, 0.15) is 22.3 Å². The van der Waals surface area contributed by atoms with E-state index in [0.29, 0.717) is 12.1 Å². The lowest BCUT2D eigenvalue weighted by Crippen LogP contribution is -2.38. The number of hydrogen-bond acceptors (Lipinski definition) is 5. The molecule has 4 rings (SSSR count). The number of rotatable bonds is 6. The molecule has 3 heterocycles. The molecule has 29 heavy (non-hydrogen) atoms. The summed E-state index contributed by atoms with van der Waals surface area (Å²) in [6.07, 6.45) is 4.42. The van der Waals surface area contributed by atoms with E-state index < -0.39 is 0 Å². The first-order chi connectivity index (χ1) is 14.2. The molecule has 1 amide bonds. The predicted molar refractivity (Wildman–Crippen MR) is 114 cm³/mol. The summed E-state index contributed by atoms with van der Waals surface area (Å²) in [6, 6.07) is 11.7. The largest absolute Gasteiger partial charge is 0.379 e. The van der Waals surface area contributed by atoms with Crippen LogP contribution in [0.2, 0.25) is 0 Å². The summed E-state index contributed by atoms with van der Waals surface area (Å²) in [5.74, 6) is -0.0601. The predicted octanol–water partition coefficient (Wildman–Crippen LogP) is 3.06. The van der Waals surface area contributed by atoms with Crippen molar-refractivity contribution in [1.82, 2.24) is 20.2 Å². The van der Waals surface area contributed by atoms with E-state index >= 15 is 0 Å². The number of nitrogens with zero attached hydrogens (tertiary/aromatic N) is 3. The first-order valence-corrected chi connectivity index (χ1v) is 10.1. The summed E-state index contributed by atoms with van der Waals surface area (Å²) >= 11 is 0. The zero-order chi connectivity index (χ0) is 20.1. The minimum absolute atomic E-state index is 0.0601. The van der Waals surface area contributed by atoms with Gasteiger partial charge >= 0.3 is 0 Å². The van der Waals surface area contributed by atoms with Gasteiger partial charge in [-0.15, -0.1) is 0 Å². The Morgan fingerprint density at radius 2 is 2.07 bits per heavy atom. The molecule has 0 atom stereocenters. The van der Waals surface area contributed by atoms with Gasteiger partial charge in [0, 0.05) is 43.0 Å². The van der Waals surface area contributed by atoms with Crippen molar-refractivity contribution in [1.29, 1.82) is 0 Å². The van der Waals surface area contributed by atoms with Crippen LogP contribution in [0.5, 0.6) is 0 Å². The number of morpholine rings is 1. The Kier molecular flexibility index (Phi) is 6.12. The molecule has 1 aliphatic rings. The Bertz CT molecular complexity index is 985. The van der Waals surface area contributed by atoms with Crippen molar-refractivity contribution in [3.8, 4) is 11.3 Å². The van der Waals surface area contributed by atoms with Crippen LogP contribution in [0.15, 0.2) is 48.8 Å². The second-order valence-corrected chi connectivity index (χ2v) is 7.38. The molecule has 150 valence electrons. The number of nitrogens with one attached hydrogen (secondary N) is 1. The SMILES string of the molecule is Cc1ccc2nc(-c3cccnc3)cc(C(=O)NCCCN3CCOCC3)c2c1. The highest BCUT2D eigenvalue weighted by Crippen LogP contribution is 2.25. The van der Waals surface area contributed by atoms with Gasteiger partial charge in [0.05, 0.1) is 30.0 Å². The highest BCUT2D eigenvalue weighted by molar-refractivity contribution is 6.07. The van der Waals surface area contributed by atoms with Gasteiger partial charge in [-0.3, -0.25) is 14.7 Å². The zero-order valence-corrected chi connectivity index (χ0v) is 16.7. The van der Waals surface area contributed by atoms with E-state index in [9.17, 15) is 4.79 Å². The Morgan fingerprint density at radius 3 is 2.86 bits per heavy atom. The maximum Gasteiger partial charge on any atom is 0.252 e. The number of hydrogen-bond donors (Lipinski definition) is 1. The number of amides is 1. The number of pyridine rings is 2. The summed E-state index contributed by atoms with van der Waals surface area (Å²) in [5, 5.41) is 3.97. The van der Waals surface area contributed by atoms with Crippen LogP contribution in [0.3, 0.4) is 0 Å². The van der Waals surface area contributed by atoms with Crippen LogP contribution in [-0.2, 0) is 4.74 Å². The summed E-state index contributed by atoms with van der Waals surface area (Å²) in [7, 11) is 0. The molecule has 6 heteroatoms. The zero-order valence-electron chi connectivity index (χ0n) is 16.7. The molecule has 0 bridgehead atoms. The molecule has 3 aromatic rings. The average molecular weight is 390 g/mol. The highest BCUT2D eigenvalue weighted by Gasteiger charge is 2.15. The molecule has 1 N–H and O–H groups in total. The van der Waals surface area contributed by atoms with Crippen molar-refractivity contribution < 1.29 is 9.53 Å². The molecule has 2 aromatic heterocycles. The van der Waals surface area contributed by atoms with Crippen LogP contribution in [0, 0.1) is 6.92 Å². The van der Waals surface area contributed by atoms with Crippen molar-refractivity contribution in [3.05, 3.63) is 59.9 Å². The number of ether oxygens (including phenoxy) is 1. The second kappa shape index (κ2) is 9.11. The Labute approximate surface area is 170 Å². The third kappa shape index (κ3) is 4.78. The smallest absolute Gasteiger partial charge is 0.252 e. The molecule has 1 saturated heterocycles. The van der Waals surface area contributed by atoms with Gasteiger partial charge in [0.25, 0.3) is 5.91 Å². The van der Waals surface area contributed by atoms with Crippen LogP contribution in [-0.4, -0.2) is 60.2 Å². The average Bonchev–Trinajstić information content (AvgIpc) is 2.77. The fraction of sp³-hybridized carbons (Fsp3) is 0.348. The molecular formula is C23H26N4O2. The van der Waals surface area contributed by atoms with Crippen LogP contribution >= 0.6 is 0 Å². The minimum atomic E-state index is -0.0601. The number of carbonyl (C=O) groups is 1. The molecular weight excluding hydrogens is 364 g/mol. The highest BCUT2D eigenvalue weighted by atomic mass is 16.5. The van der Waals surface area contributed by atoms with Gasteiger partial charge in [-0.05, 0) is 50.2 Å².